The van der Waals surface area contributed by atoms with E-state index in [0.717, 1.165) is 17.9 Å². The van der Waals surface area contributed by atoms with Gasteiger partial charge in [0, 0.05) is 32.8 Å². The van der Waals surface area contributed by atoms with E-state index in [-0.39, 0.29) is 0 Å². The smallest absolute Gasteiger partial charge is 0.0595 e. The van der Waals surface area contributed by atoms with E-state index < -0.39 is 0 Å². The summed E-state index contributed by atoms with van der Waals surface area (Å²) in [5, 5.41) is 3.82. The summed E-state index contributed by atoms with van der Waals surface area (Å²) in [5.41, 5.74) is 0. The van der Waals surface area contributed by atoms with Crippen LogP contribution in [0.1, 0.15) is 58.8 Å². The van der Waals surface area contributed by atoms with Crippen molar-refractivity contribution < 1.29 is 4.74 Å². The van der Waals surface area contributed by atoms with Crippen molar-refractivity contribution in [1.29, 1.82) is 0 Å². The van der Waals surface area contributed by atoms with E-state index in [9.17, 15) is 0 Å². The second-order valence-electron chi connectivity index (χ2n) is 7.14. The Bertz CT molecular complexity index is 276. The molecule has 1 saturated heterocycles. The Labute approximate surface area is 131 Å². The van der Waals surface area contributed by atoms with Gasteiger partial charge < -0.3 is 15.0 Å². The van der Waals surface area contributed by atoms with E-state index in [1.165, 1.54) is 71.1 Å². The van der Waals surface area contributed by atoms with E-state index in [1.54, 1.807) is 0 Å². The highest BCUT2D eigenvalue weighted by Gasteiger charge is 2.31. The molecule has 2 fully saturated rings. The number of methoxy groups -OCH3 is 1. The van der Waals surface area contributed by atoms with Gasteiger partial charge in [-0.3, -0.25) is 0 Å². The molecule has 0 aromatic heterocycles. The average molecular weight is 296 g/mol. The molecule has 1 N–H and O–H groups in total. The fraction of sp³-hybridized carbons (Fsp3) is 1.00. The molecular formula is C18H36N2O. The summed E-state index contributed by atoms with van der Waals surface area (Å²) in [6.07, 6.45) is 9.80. The predicted molar refractivity (Wildman–Crippen MR) is 89.7 cm³/mol. The first-order valence-corrected chi connectivity index (χ1v) is 9.25. The van der Waals surface area contributed by atoms with E-state index in [4.69, 9.17) is 4.74 Å². The zero-order chi connectivity index (χ0) is 15.1. The minimum atomic E-state index is 0.505. The molecule has 3 unspecified atom stereocenters. The fourth-order valence-corrected chi connectivity index (χ4v) is 4.19. The van der Waals surface area contributed by atoms with Crippen LogP contribution in [-0.2, 0) is 4.74 Å². The third-order valence-electron chi connectivity index (χ3n) is 5.69. The van der Waals surface area contributed by atoms with Crippen molar-refractivity contribution in [2.75, 3.05) is 33.3 Å². The predicted octanol–water partition coefficient (Wildman–Crippen LogP) is 3.29. The van der Waals surface area contributed by atoms with Crippen molar-refractivity contribution in [3.05, 3.63) is 0 Å². The summed E-state index contributed by atoms with van der Waals surface area (Å²) in [5.74, 6) is 1.82. The number of nitrogens with zero attached hydrogens (tertiary/aromatic N) is 1. The van der Waals surface area contributed by atoms with Gasteiger partial charge in [0.05, 0.1) is 6.10 Å². The Hall–Kier alpha value is -0.120. The summed E-state index contributed by atoms with van der Waals surface area (Å²) >= 11 is 0. The number of hydrogen-bond donors (Lipinski definition) is 1. The van der Waals surface area contributed by atoms with Gasteiger partial charge in [0.2, 0.25) is 0 Å². The van der Waals surface area contributed by atoms with Crippen molar-refractivity contribution >= 4 is 0 Å². The van der Waals surface area contributed by atoms with Crippen LogP contribution in [0.4, 0.5) is 0 Å². The third kappa shape index (κ3) is 5.22. The Balaban J connectivity index is 1.83. The van der Waals surface area contributed by atoms with Gasteiger partial charge in [0.25, 0.3) is 0 Å². The molecule has 0 aromatic carbocycles. The number of ether oxygens (including phenoxy) is 1. The highest BCUT2D eigenvalue weighted by atomic mass is 16.5. The van der Waals surface area contributed by atoms with E-state index in [0.29, 0.717) is 6.10 Å². The normalized spacial score (nSPS) is 32.4. The minimum absolute atomic E-state index is 0.505. The van der Waals surface area contributed by atoms with Crippen LogP contribution in [0, 0.1) is 11.8 Å². The van der Waals surface area contributed by atoms with Gasteiger partial charge in [-0.1, -0.05) is 20.3 Å². The molecule has 2 aliphatic rings. The Morgan fingerprint density at radius 2 is 1.86 bits per heavy atom. The van der Waals surface area contributed by atoms with Crippen LogP contribution in [0.3, 0.4) is 0 Å². The number of likely N-dealkylation sites (tertiary alicyclic amines) is 1. The summed E-state index contributed by atoms with van der Waals surface area (Å²) in [6.45, 7) is 9.58. The summed E-state index contributed by atoms with van der Waals surface area (Å²) in [7, 11) is 1.86. The lowest BCUT2D eigenvalue weighted by Crippen LogP contribution is -2.48. The number of rotatable bonds is 7. The quantitative estimate of drug-likeness (QED) is 0.780. The van der Waals surface area contributed by atoms with E-state index in [1.807, 2.05) is 7.11 Å². The molecule has 3 heteroatoms. The van der Waals surface area contributed by atoms with Crippen LogP contribution in [-0.4, -0.2) is 50.3 Å². The molecule has 3 atom stereocenters. The second-order valence-corrected chi connectivity index (χ2v) is 7.14. The van der Waals surface area contributed by atoms with E-state index in [2.05, 4.69) is 24.1 Å². The molecule has 2 rings (SSSR count). The average Bonchev–Trinajstić information content (AvgIpc) is 2.54. The maximum absolute atomic E-state index is 5.50. The minimum Gasteiger partial charge on any atom is -0.381 e. The molecular weight excluding hydrogens is 260 g/mol. The number of nitrogens with one attached hydrogen (secondary N) is 1. The lowest BCUT2D eigenvalue weighted by molar-refractivity contribution is 0.0297. The zero-order valence-corrected chi connectivity index (χ0v) is 14.4. The number of piperidine rings is 1. The standard InChI is InChI=1S/C18H36N2O/c1-4-10-19-18-7-6-15(5-2)13-16(18)14-20-11-8-17(21-3)9-12-20/h15-19H,4-14H2,1-3H3. The fourth-order valence-electron chi connectivity index (χ4n) is 4.19. The van der Waals surface area contributed by atoms with E-state index >= 15 is 0 Å². The van der Waals surface area contributed by atoms with Gasteiger partial charge in [-0.25, -0.2) is 0 Å². The summed E-state index contributed by atoms with van der Waals surface area (Å²) < 4.78 is 5.50. The molecule has 21 heavy (non-hydrogen) atoms. The van der Waals surface area contributed by atoms with Crippen LogP contribution in [0.15, 0.2) is 0 Å². The zero-order valence-electron chi connectivity index (χ0n) is 14.4. The molecule has 1 saturated carbocycles. The highest BCUT2D eigenvalue weighted by Crippen LogP contribution is 2.32. The third-order valence-corrected chi connectivity index (χ3v) is 5.69. The second kappa shape index (κ2) is 9.12. The van der Waals surface area contributed by atoms with Gasteiger partial charge in [0.15, 0.2) is 0 Å². The SMILES string of the molecule is CCCNC1CCC(CC)CC1CN1CCC(OC)CC1. The van der Waals surface area contributed by atoms with Crippen molar-refractivity contribution in [3.63, 3.8) is 0 Å². The maximum Gasteiger partial charge on any atom is 0.0595 e. The molecule has 0 bridgehead atoms. The molecule has 1 aliphatic heterocycles. The Morgan fingerprint density at radius 1 is 1.10 bits per heavy atom. The van der Waals surface area contributed by atoms with Gasteiger partial charge in [0.1, 0.15) is 0 Å². The van der Waals surface area contributed by atoms with Crippen LogP contribution in [0.5, 0.6) is 0 Å². The Morgan fingerprint density at radius 3 is 2.48 bits per heavy atom. The Kier molecular flexibility index (Phi) is 7.48. The van der Waals surface area contributed by atoms with Crippen molar-refractivity contribution in [1.82, 2.24) is 10.2 Å². The lowest BCUT2D eigenvalue weighted by Gasteiger charge is -2.41. The maximum atomic E-state index is 5.50. The van der Waals surface area contributed by atoms with Crippen molar-refractivity contribution in [3.8, 4) is 0 Å². The lowest BCUT2D eigenvalue weighted by atomic mass is 9.76. The van der Waals surface area contributed by atoms with Crippen molar-refractivity contribution in [2.45, 2.75) is 70.9 Å². The van der Waals surface area contributed by atoms with Crippen LogP contribution >= 0.6 is 0 Å². The summed E-state index contributed by atoms with van der Waals surface area (Å²) in [4.78, 5) is 2.69. The molecule has 0 amide bonds. The first kappa shape index (κ1) is 17.2. The molecule has 1 heterocycles. The van der Waals surface area contributed by atoms with Gasteiger partial charge in [-0.05, 0) is 56.9 Å². The molecule has 3 nitrogen and oxygen atoms in total. The molecule has 1 aliphatic carbocycles. The summed E-state index contributed by atoms with van der Waals surface area (Å²) in [6, 6.07) is 0.757. The van der Waals surface area contributed by atoms with Gasteiger partial charge in [-0.2, -0.15) is 0 Å². The largest absolute Gasteiger partial charge is 0.381 e. The van der Waals surface area contributed by atoms with Crippen LogP contribution in [0.2, 0.25) is 0 Å². The monoisotopic (exact) mass is 296 g/mol. The van der Waals surface area contributed by atoms with Gasteiger partial charge in [-0.15, -0.1) is 0 Å². The molecule has 0 radical (unpaired) electrons. The topological polar surface area (TPSA) is 24.5 Å². The van der Waals surface area contributed by atoms with Crippen LogP contribution < -0.4 is 5.32 Å². The van der Waals surface area contributed by atoms with Crippen molar-refractivity contribution in [2.24, 2.45) is 11.8 Å². The highest BCUT2D eigenvalue weighted by molar-refractivity contribution is 4.87. The first-order valence-electron chi connectivity index (χ1n) is 9.25. The molecule has 0 spiro atoms. The molecule has 124 valence electrons. The number of hydrogen-bond acceptors (Lipinski definition) is 3. The van der Waals surface area contributed by atoms with Crippen LogP contribution in [0.25, 0.3) is 0 Å². The molecule has 0 aromatic rings. The first-order chi connectivity index (χ1) is 10.3. The van der Waals surface area contributed by atoms with Gasteiger partial charge >= 0.3 is 0 Å².